The number of hydrogen-bond donors (Lipinski definition) is 2. The van der Waals surface area contributed by atoms with Crippen molar-refractivity contribution in [1.82, 2.24) is 4.98 Å². The molecular weight excluding hydrogens is 256 g/mol. The number of anilines is 1. The molecule has 0 amide bonds. The summed E-state index contributed by atoms with van der Waals surface area (Å²) in [5.74, 6) is 0.0894. The van der Waals surface area contributed by atoms with Gasteiger partial charge in [-0.05, 0) is 25.1 Å². The molecule has 104 valence electrons. The van der Waals surface area contributed by atoms with Gasteiger partial charge in [0.05, 0.1) is 13.2 Å². The van der Waals surface area contributed by atoms with E-state index in [1.165, 1.54) is 6.07 Å². The summed E-state index contributed by atoms with van der Waals surface area (Å²) in [6.07, 6.45) is 1.56. The van der Waals surface area contributed by atoms with Crippen LogP contribution in [0, 0.1) is 0 Å². The van der Waals surface area contributed by atoms with Gasteiger partial charge in [0.1, 0.15) is 17.1 Å². The van der Waals surface area contributed by atoms with Crippen molar-refractivity contribution in [2.75, 3.05) is 12.4 Å². The van der Waals surface area contributed by atoms with Gasteiger partial charge < -0.3 is 15.2 Å². The average Bonchev–Trinajstić information content (AvgIpc) is 2.47. The number of aromatic nitrogens is 1. The molecule has 0 fully saturated rings. The van der Waals surface area contributed by atoms with Crippen molar-refractivity contribution < 1.29 is 14.6 Å². The lowest BCUT2D eigenvalue weighted by molar-refractivity contribution is 0.0697. The van der Waals surface area contributed by atoms with E-state index in [-0.39, 0.29) is 11.6 Å². The zero-order chi connectivity index (χ0) is 14.5. The summed E-state index contributed by atoms with van der Waals surface area (Å²) >= 11 is 0. The summed E-state index contributed by atoms with van der Waals surface area (Å²) in [6.45, 7) is 1.93. The predicted molar refractivity (Wildman–Crippen MR) is 76.2 cm³/mol. The van der Waals surface area contributed by atoms with Crippen molar-refractivity contribution in [3.8, 4) is 5.75 Å². The summed E-state index contributed by atoms with van der Waals surface area (Å²) in [4.78, 5) is 15.2. The predicted octanol–water partition coefficient (Wildman–Crippen LogP) is 2.96. The Morgan fingerprint density at radius 2 is 2.05 bits per heavy atom. The lowest BCUT2D eigenvalue weighted by atomic mass is 10.1. The maximum atomic E-state index is 11.2. The fourth-order valence-electron chi connectivity index (χ4n) is 2.00. The molecule has 20 heavy (non-hydrogen) atoms. The molecule has 0 spiro atoms. The third-order valence-corrected chi connectivity index (χ3v) is 3.00. The average molecular weight is 272 g/mol. The fraction of sp³-hybridized carbons (Fsp3) is 0.200. The molecule has 0 radical (unpaired) electrons. The number of carboxylic acid groups (broad SMARTS) is 1. The summed E-state index contributed by atoms with van der Waals surface area (Å²) in [7, 11) is 1.61. The number of pyridine rings is 1. The summed E-state index contributed by atoms with van der Waals surface area (Å²) in [5, 5.41) is 12.3. The molecule has 1 aromatic heterocycles. The first kappa shape index (κ1) is 13.9. The highest BCUT2D eigenvalue weighted by Gasteiger charge is 2.15. The van der Waals surface area contributed by atoms with E-state index < -0.39 is 5.97 Å². The van der Waals surface area contributed by atoms with Crippen molar-refractivity contribution in [2.45, 2.75) is 13.0 Å². The molecule has 2 rings (SSSR count). The van der Waals surface area contributed by atoms with Gasteiger partial charge in [-0.2, -0.15) is 0 Å². The number of nitrogens with one attached hydrogen (secondary N) is 1. The number of hydrogen-bond acceptors (Lipinski definition) is 4. The third-order valence-electron chi connectivity index (χ3n) is 3.00. The van der Waals surface area contributed by atoms with Crippen LogP contribution in [0.25, 0.3) is 0 Å². The number of para-hydroxylation sites is 1. The Bertz CT molecular complexity index is 614. The van der Waals surface area contributed by atoms with Crippen molar-refractivity contribution in [2.24, 2.45) is 0 Å². The molecule has 1 heterocycles. The number of carboxylic acids is 1. The number of carbonyl (C=O) groups is 1. The largest absolute Gasteiger partial charge is 0.496 e. The van der Waals surface area contributed by atoms with E-state index in [4.69, 9.17) is 9.84 Å². The number of methoxy groups -OCH3 is 1. The normalized spacial score (nSPS) is 11.7. The Hall–Kier alpha value is -2.56. The third kappa shape index (κ3) is 2.88. The summed E-state index contributed by atoms with van der Waals surface area (Å²) < 4.78 is 5.31. The van der Waals surface area contributed by atoms with E-state index in [2.05, 4.69) is 10.3 Å². The highest BCUT2D eigenvalue weighted by Crippen LogP contribution is 2.27. The Morgan fingerprint density at radius 3 is 2.75 bits per heavy atom. The van der Waals surface area contributed by atoms with Crippen molar-refractivity contribution in [3.05, 3.63) is 53.7 Å². The molecule has 0 aliphatic heterocycles. The minimum Gasteiger partial charge on any atom is -0.496 e. The maximum Gasteiger partial charge on any atom is 0.339 e. The van der Waals surface area contributed by atoms with Gasteiger partial charge >= 0.3 is 5.97 Å². The van der Waals surface area contributed by atoms with Crippen LogP contribution in [-0.4, -0.2) is 23.2 Å². The van der Waals surface area contributed by atoms with Crippen LogP contribution in [-0.2, 0) is 0 Å². The SMILES string of the molecule is COc1ccccc1[C@H](C)Nc1ncccc1C(=O)O. The van der Waals surface area contributed by atoms with Gasteiger partial charge in [0, 0.05) is 11.8 Å². The standard InChI is InChI=1S/C15H16N2O3/c1-10(11-6-3-4-8-13(11)20-2)17-14-12(15(18)19)7-5-9-16-14/h3-10H,1-2H3,(H,16,17)(H,18,19)/t10-/m0/s1. The second-order valence-corrected chi connectivity index (χ2v) is 4.31. The van der Waals surface area contributed by atoms with E-state index in [9.17, 15) is 4.79 Å². The number of ether oxygens (including phenoxy) is 1. The van der Waals surface area contributed by atoms with Crippen LogP contribution in [0.3, 0.4) is 0 Å². The molecule has 0 bridgehead atoms. The first-order chi connectivity index (χ1) is 9.63. The molecule has 2 N–H and O–H groups in total. The van der Waals surface area contributed by atoms with E-state index in [1.807, 2.05) is 31.2 Å². The second kappa shape index (κ2) is 6.06. The Kier molecular flexibility index (Phi) is 4.20. The number of aromatic carboxylic acids is 1. The molecule has 2 aromatic rings. The van der Waals surface area contributed by atoms with Crippen LogP contribution in [0.4, 0.5) is 5.82 Å². The van der Waals surface area contributed by atoms with Crippen LogP contribution >= 0.6 is 0 Å². The Morgan fingerprint density at radius 1 is 1.30 bits per heavy atom. The lowest BCUT2D eigenvalue weighted by Crippen LogP contribution is -2.12. The van der Waals surface area contributed by atoms with Gasteiger partial charge in [-0.15, -0.1) is 0 Å². The number of benzene rings is 1. The molecule has 5 nitrogen and oxygen atoms in total. The van der Waals surface area contributed by atoms with Crippen LogP contribution in [0.5, 0.6) is 5.75 Å². The van der Waals surface area contributed by atoms with Gasteiger partial charge in [-0.1, -0.05) is 18.2 Å². The molecular formula is C15H16N2O3. The van der Waals surface area contributed by atoms with E-state index in [1.54, 1.807) is 19.4 Å². The minimum atomic E-state index is -1.01. The summed E-state index contributed by atoms with van der Waals surface area (Å²) in [6, 6.07) is 10.6. The molecule has 0 aliphatic rings. The van der Waals surface area contributed by atoms with Gasteiger partial charge in [0.25, 0.3) is 0 Å². The van der Waals surface area contributed by atoms with E-state index in [0.29, 0.717) is 5.82 Å². The van der Waals surface area contributed by atoms with E-state index in [0.717, 1.165) is 11.3 Å². The quantitative estimate of drug-likeness (QED) is 0.875. The topological polar surface area (TPSA) is 71.5 Å². The lowest BCUT2D eigenvalue weighted by Gasteiger charge is -2.18. The zero-order valence-electron chi connectivity index (χ0n) is 11.3. The van der Waals surface area contributed by atoms with Crippen LogP contribution in [0.2, 0.25) is 0 Å². The minimum absolute atomic E-state index is 0.126. The smallest absolute Gasteiger partial charge is 0.339 e. The zero-order valence-corrected chi connectivity index (χ0v) is 11.3. The monoisotopic (exact) mass is 272 g/mol. The fourth-order valence-corrected chi connectivity index (χ4v) is 2.00. The maximum absolute atomic E-state index is 11.2. The molecule has 0 saturated heterocycles. The van der Waals surface area contributed by atoms with Crippen LogP contribution in [0.15, 0.2) is 42.6 Å². The summed E-state index contributed by atoms with van der Waals surface area (Å²) in [5.41, 5.74) is 1.09. The molecule has 5 heteroatoms. The van der Waals surface area contributed by atoms with E-state index >= 15 is 0 Å². The van der Waals surface area contributed by atoms with Gasteiger partial charge in [-0.3, -0.25) is 0 Å². The molecule has 1 atom stereocenters. The van der Waals surface area contributed by atoms with Gasteiger partial charge in [0.2, 0.25) is 0 Å². The Labute approximate surface area is 117 Å². The highest BCUT2D eigenvalue weighted by molar-refractivity contribution is 5.93. The number of rotatable bonds is 5. The highest BCUT2D eigenvalue weighted by atomic mass is 16.5. The molecule has 0 unspecified atom stereocenters. The first-order valence-electron chi connectivity index (χ1n) is 6.21. The molecule has 0 aliphatic carbocycles. The first-order valence-corrected chi connectivity index (χ1v) is 6.21. The second-order valence-electron chi connectivity index (χ2n) is 4.31. The van der Waals surface area contributed by atoms with Crippen molar-refractivity contribution in [1.29, 1.82) is 0 Å². The van der Waals surface area contributed by atoms with Crippen molar-refractivity contribution >= 4 is 11.8 Å². The Balaban J connectivity index is 2.28. The van der Waals surface area contributed by atoms with Gasteiger partial charge in [0.15, 0.2) is 0 Å². The molecule has 0 saturated carbocycles. The van der Waals surface area contributed by atoms with Crippen molar-refractivity contribution in [3.63, 3.8) is 0 Å². The molecule has 1 aromatic carbocycles. The van der Waals surface area contributed by atoms with Crippen LogP contribution < -0.4 is 10.1 Å². The van der Waals surface area contributed by atoms with Gasteiger partial charge in [-0.25, -0.2) is 9.78 Å². The van der Waals surface area contributed by atoms with Crippen LogP contribution in [0.1, 0.15) is 28.9 Å². The number of nitrogens with zero attached hydrogens (tertiary/aromatic N) is 1.